The summed E-state index contributed by atoms with van der Waals surface area (Å²) in [4.78, 5) is 0. The molecular formula is C17H15F2N3. The summed E-state index contributed by atoms with van der Waals surface area (Å²) in [5.74, 6) is -0.497. The van der Waals surface area contributed by atoms with Gasteiger partial charge in [0.1, 0.15) is 11.6 Å². The molecule has 0 fully saturated rings. The van der Waals surface area contributed by atoms with Crippen LogP contribution in [0, 0.1) is 11.6 Å². The summed E-state index contributed by atoms with van der Waals surface area (Å²) >= 11 is 0. The van der Waals surface area contributed by atoms with E-state index in [-0.39, 0.29) is 11.6 Å². The van der Waals surface area contributed by atoms with Crippen LogP contribution in [0.4, 0.5) is 8.78 Å². The van der Waals surface area contributed by atoms with Gasteiger partial charge in [-0.15, -0.1) is 0 Å². The van der Waals surface area contributed by atoms with Crippen LogP contribution in [-0.2, 0) is 13.1 Å². The largest absolute Gasteiger partial charge is 0.308 e. The molecule has 0 saturated heterocycles. The molecule has 0 atom stereocenters. The van der Waals surface area contributed by atoms with E-state index >= 15 is 0 Å². The van der Waals surface area contributed by atoms with Crippen molar-refractivity contribution in [1.82, 2.24) is 15.5 Å². The fourth-order valence-corrected chi connectivity index (χ4v) is 2.29. The number of H-pyrrole nitrogens is 1. The third-order valence-electron chi connectivity index (χ3n) is 3.44. The maximum Gasteiger partial charge on any atom is 0.127 e. The van der Waals surface area contributed by atoms with Gasteiger partial charge in [0.25, 0.3) is 0 Å². The van der Waals surface area contributed by atoms with Gasteiger partial charge in [-0.05, 0) is 30.3 Å². The molecule has 0 radical (unpaired) electrons. The highest BCUT2D eigenvalue weighted by Crippen LogP contribution is 2.21. The predicted molar refractivity (Wildman–Crippen MR) is 80.9 cm³/mol. The molecule has 2 aromatic carbocycles. The van der Waals surface area contributed by atoms with Crippen molar-refractivity contribution < 1.29 is 8.78 Å². The molecular weight excluding hydrogens is 284 g/mol. The molecule has 3 rings (SSSR count). The third-order valence-corrected chi connectivity index (χ3v) is 3.44. The molecule has 0 bridgehead atoms. The zero-order valence-corrected chi connectivity index (χ0v) is 11.8. The third kappa shape index (κ3) is 3.20. The summed E-state index contributed by atoms with van der Waals surface area (Å²) in [6.45, 7) is 0.970. The minimum absolute atomic E-state index is 0.221. The van der Waals surface area contributed by atoms with E-state index in [2.05, 4.69) is 15.5 Å². The normalized spacial score (nSPS) is 10.8. The minimum Gasteiger partial charge on any atom is -0.308 e. The van der Waals surface area contributed by atoms with Gasteiger partial charge >= 0.3 is 0 Å². The molecule has 3 nitrogen and oxygen atoms in total. The van der Waals surface area contributed by atoms with Crippen molar-refractivity contribution in [3.63, 3.8) is 0 Å². The Morgan fingerprint density at radius 3 is 2.41 bits per heavy atom. The number of halogens is 2. The quantitative estimate of drug-likeness (QED) is 0.755. The van der Waals surface area contributed by atoms with Crippen molar-refractivity contribution >= 4 is 0 Å². The molecule has 0 amide bonds. The summed E-state index contributed by atoms with van der Waals surface area (Å²) in [7, 11) is 0. The molecule has 1 heterocycles. The first-order valence-corrected chi connectivity index (χ1v) is 6.96. The number of aromatic amines is 1. The van der Waals surface area contributed by atoms with Crippen LogP contribution in [0.15, 0.2) is 54.7 Å². The van der Waals surface area contributed by atoms with E-state index in [9.17, 15) is 8.78 Å². The molecule has 0 aliphatic heterocycles. The van der Waals surface area contributed by atoms with Crippen molar-refractivity contribution in [2.24, 2.45) is 0 Å². The second-order valence-electron chi connectivity index (χ2n) is 4.97. The van der Waals surface area contributed by atoms with E-state index in [1.54, 1.807) is 30.5 Å². The van der Waals surface area contributed by atoms with E-state index in [0.29, 0.717) is 18.7 Å². The van der Waals surface area contributed by atoms with Crippen LogP contribution in [0.1, 0.15) is 11.1 Å². The molecule has 3 aromatic rings. The second kappa shape index (κ2) is 6.49. The fraction of sp³-hybridized carbons (Fsp3) is 0.118. The van der Waals surface area contributed by atoms with Gasteiger partial charge in [-0.2, -0.15) is 5.10 Å². The molecule has 0 aliphatic carbocycles. The Hall–Kier alpha value is -2.53. The van der Waals surface area contributed by atoms with Gasteiger partial charge in [-0.3, -0.25) is 5.10 Å². The first kappa shape index (κ1) is 14.4. The number of rotatable bonds is 5. The minimum atomic E-state index is -0.275. The highest BCUT2D eigenvalue weighted by Gasteiger charge is 2.08. The first-order valence-electron chi connectivity index (χ1n) is 6.96. The van der Waals surface area contributed by atoms with Crippen LogP contribution in [0.3, 0.4) is 0 Å². The van der Waals surface area contributed by atoms with Gasteiger partial charge in [0.15, 0.2) is 0 Å². The van der Waals surface area contributed by atoms with Crippen LogP contribution in [0.25, 0.3) is 11.3 Å². The van der Waals surface area contributed by atoms with Crippen LogP contribution < -0.4 is 5.32 Å². The predicted octanol–water partition coefficient (Wildman–Crippen LogP) is 3.64. The van der Waals surface area contributed by atoms with Crippen LogP contribution in [0.5, 0.6) is 0 Å². The maximum absolute atomic E-state index is 13.5. The number of hydrogen-bond donors (Lipinski definition) is 2. The van der Waals surface area contributed by atoms with Crippen LogP contribution in [-0.4, -0.2) is 10.2 Å². The van der Waals surface area contributed by atoms with E-state index in [4.69, 9.17) is 0 Å². The smallest absolute Gasteiger partial charge is 0.127 e. The average Bonchev–Trinajstić information content (AvgIpc) is 2.98. The zero-order valence-electron chi connectivity index (χ0n) is 11.8. The number of benzene rings is 2. The van der Waals surface area contributed by atoms with E-state index in [1.807, 2.05) is 6.07 Å². The summed E-state index contributed by atoms with van der Waals surface area (Å²) in [5, 5.41) is 10.1. The lowest BCUT2D eigenvalue weighted by Crippen LogP contribution is -2.13. The second-order valence-corrected chi connectivity index (χ2v) is 4.97. The topological polar surface area (TPSA) is 40.7 Å². The van der Waals surface area contributed by atoms with Crippen molar-refractivity contribution in [2.75, 3.05) is 0 Å². The van der Waals surface area contributed by atoms with Crippen LogP contribution >= 0.6 is 0 Å². The molecule has 1 aromatic heterocycles. The molecule has 2 N–H and O–H groups in total. The molecule has 0 spiro atoms. The number of hydrogen-bond acceptors (Lipinski definition) is 2. The van der Waals surface area contributed by atoms with Gasteiger partial charge < -0.3 is 5.32 Å². The Labute approximate surface area is 127 Å². The zero-order chi connectivity index (χ0) is 15.4. The Bertz CT molecular complexity index is 751. The van der Waals surface area contributed by atoms with E-state index < -0.39 is 0 Å². The highest BCUT2D eigenvalue weighted by molar-refractivity contribution is 5.62. The van der Waals surface area contributed by atoms with Gasteiger partial charge in [0, 0.05) is 29.8 Å². The van der Waals surface area contributed by atoms with Crippen molar-refractivity contribution in [3.8, 4) is 11.3 Å². The van der Waals surface area contributed by atoms with Crippen LogP contribution in [0.2, 0.25) is 0 Å². The summed E-state index contributed by atoms with van der Waals surface area (Å²) in [5.41, 5.74) is 3.26. The van der Waals surface area contributed by atoms with Crippen molar-refractivity contribution in [2.45, 2.75) is 13.1 Å². The summed E-state index contributed by atoms with van der Waals surface area (Å²) in [6, 6.07) is 12.9. The maximum atomic E-state index is 13.5. The monoisotopic (exact) mass is 299 g/mol. The summed E-state index contributed by atoms with van der Waals surface area (Å²) in [6.07, 6.45) is 1.72. The molecule has 0 saturated carbocycles. The SMILES string of the molecule is Fc1ccc(-c2[nH]ncc2CNCc2ccccc2F)cc1. The Kier molecular flexibility index (Phi) is 4.25. The molecule has 5 heteroatoms. The lowest BCUT2D eigenvalue weighted by Gasteiger charge is -2.07. The van der Waals surface area contributed by atoms with Gasteiger partial charge in [0.05, 0.1) is 11.9 Å². The Balaban J connectivity index is 1.68. The van der Waals surface area contributed by atoms with Gasteiger partial charge in [0.2, 0.25) is 0 Å². The molecule has 0 unspecified atom stereocenters. The Morgan fingerprint density at radius 1 is 0.909 bits per heavy atom. The first-order chi connectivity index (χ1) is 10.7. The number of nitrogens with zero attached hydrogens (tertiary/aromatic N) is 1. The van der Waals surface area contributed by atoms with Gasteiger partial charge in [-0.25, -0.2) is 8.78 Å². The lowest BCUT2D eigenvalue weighted by atomic mass is 10.1. The molecule has 22 heavy (non-hydrogen) atoms. The molecule has 0 aliphatic rings. The standard InChI is InChI=1S/C17H15F2N3/c18-15-7-5-12(6-8-15)17-14(11-21-22-17)10-20-9-13-3-1-2-4-16(13)19/h1-8,11,20H,9-10H2,(H,21,22). The van der Waals surface area contributed by atoms with Crippen molar-refractivity contribution in [3.05, 3.63) is 77.5 Å². The lowest BCUT2D eigenvalue weighted by molar-refractivity contribution is 0.588. The fourth-order valence-electron chi connectivity index (χ4n) is 2.29. The van der Waals surface area contributed by atoms with Crippen molar-refractivity contribution in [1.29, 1.82) is 0 Å². The number of nitrogens with one attached hydrogen (secondary N) is 2. The van der Waals surface area contributed by atoms with E-state index in [1.165, 1.54) is 18.2 Å². The summed E-state index contributed by atoms with van der Waals surface area (Å²) < 4.78 is 26.5. The van der Waals surface area contributed by atoms with E-state index in [0.717, 1.165) is 16.8 Å². The van der Waals surface area contributed by atoms with Gasteiger partial charge in [-0.1, -0.05) is 18.2 Å². The Morgan fingerprint density at radius 2 is 1.64 bits per heavy atom. The average molecular weight is 299 g/mol. The highest BCUT2D eigenvalue weighted by atomic mass is 19.1. The molecule has 112 valence electrons. The number of aromatic nitrogens is 2.